The van der Waals surface area contributed by atoms with Crippen molar-refractivity contribution < 1.29 is 0 Å². The number of nitrogens with zero attached hydrogens (tertiary/aromatic N) is 2. The number of pyridine rings is 1. The van der Waals surface area contributed by atoms with Gasteiger partial charge >= 0.3 is 0 Å². The Kier molecular flexibility index (Phi) is 7.56. The summed E-state index contributed by atoms with van der Waals surface area (Å²) >= 11 is 0. The molecule has 0 saturated carbocycles. The molecule has 0 atom stereocenters. The van der Waals surface area contributed by atoms with Gasteiger partial charge < -0.3 is 11.5 Å². The second-order valence-electron chi connectivity index (χ2n) is 3.68. The Bertz CT molecular complexity index is 525. The molecule has 0 aliphatic carbocycles. The van der Waals surface area contributed by atoms with Crippen molar-refractivity contribution in [3.05, 3.63) is 54.4 Å². The summed E-state index contributed by atoms with van der Waals surface area (Å²) in [5.41, 5.74) is 13.9. The van der Waals surface area contributed by atoms with Crippen LogP contribution >= 0.6 is 24.8 Å². The maximum Gasteiger partial charge on any atom is 0.186 e. The van der Waals surface area contributed by atoms with E-state index in [1.54, 1.807) is 6.20 Å². The topological polar surface area (TPSA) is 77.3 Å². The highest BCUT2D eigenvalue weighted by atomic mass is 35.5. The van der Waals surface area contributed by atoms with Crippen LogP contribution in [0.3, 0.4) is 0 Å². The van der Waals surface area contributed by atoms with E-state index < -0.39 is 0 Å². The third-order valence-corrected chi connectivity index (χ3v) is 2.37. The Hall–Kier alpha value is -1.78. The first-order valence-corrected chi connectivity index (χ1v) is 5.30. The number of hydrogen-bond donors (Lipinski definition) is 2. The van der Waals surface area contributed by atoms with Gasteiger partial charge in [0, 0.05) is 12.4 Å². The van der Waals surface area contributed by atoms with Gasteiger partial charge in [0.05, 0.1) is 6.54 Å². The second-order valence-corrected chi connectivity index (χ2v) is 3.68. The molecule has 0 aliphatic heterocycles. The van der Waals surface area contributed by atoms with E-state index in [0.717, 1.165) is 16.7 Å². The van der Waals surface area contributed by atoms with Gasteiger partial charge in [0.15, 0.2) is 5.96 Å². The maximum atomic E-state index is 5.31. The van der Waals surface area contributed by atoms with E-state index in [1.807, 2.05) is 36.5 Å². The lowest BCUT2D eigenvalue weighted by Gasteiger charge is -2.03. The number of aliphatic imine (C=N–C) groups is 1. The van der Waals surface area contributed by atoms with Crippen LogP contribution in [0.2, 0.25) is 0 Å². The molecular weight excluding hydrogens is 283 g/mol. The zero-order valence-corrected chi connectivity index (χ0v) is 11.8. The molecule has 0 unspecified atom stereocenters. The zero-order chi connectivity index (χ0) is 12.1. The molecule has 4 nitrogen and oxygen atoms in total. The molecule has 1 heterocycles. The van der Waals surface area contributed by atoms with E-state index in [0.29, 0.717) is 6.54 Å². The minimum absolute atomic E-state index is 0. The normalized spacial score (nSPS) is 8.84. The summed E-state index contributed by atoms with van der Waals surface area (Å²) in [6, 6.07) is 12.0. The van der Waals surface area contributed by atoms with Crippen LogP contribution in [0.15, 0.2) is 53.8 Å². The number of nitrogens with two attached hydrogens (primary N) is 2. The molecule has 2 aromatic rings. The molecule has 0 bridgehead atoms. The van der Waals surface area contributed by atoms with Crippen molar-refractivity contribution in [3.63, 3.8) is 0 Å². The van der Waals surface area contributed by atoms with Crippen LogP contribution in [0.5, 0.6) is 0 Å². The molecule has 0 saturated heterocycles. The average Bonchev–Trinajstić information content (AvgIpc) is 2.38. The Morgan fingerprint density at radius 2 is 1.79 bits per heavy atom. The fraction of sp³-hybridized carbons (Fsp3) is 0.0769. The van der Waals surface area contributed by atoms with Crippen LogP contribution in [0.1, 0.15) is 5.56 Å². The summed E-state index contributed by atoms with van der Waals surface area (Å²) in [7, 11) is 0. The SMILES string of the molecule is Cl.Cl.NC(N)=NCc1cccc(-c2cccnc2)c1. The Morgan fingerprint density at radius 3 is 2.42 bits per heavy atom. The van der Waals surface area contributed by atoms with Gasteiger partial charge in [0.25, 0.3) is 0 Å². The molecule has 1 aromatic heterocycles. The van der Waals surface area contributed by atoms with Crippen molar-refractivity contribution in [1.82, 2.24) is 4.98 Å². The van der Waals surface area contributed by atoms with Gasteiger partial charge in [-0.15, -0.1) is 24.8 Å². The Morgan fingerprint density at radius 1 is 1.05 bits per heavy atom. The van der Waals surface area contributed by atoms with Gasteiger partial charge in [-0.05, 0) is 28.8 Å². The van der Waals surface area contributed by atoms with Crippen molar-refractivity contribution in [2.75, 3.05) is 0 Å². The summed E-state index contributed by atoms with van der Waals surface area (Å²) in [5, 5.41) is 0. The van der Waals surface area contributed by atoms with E-state index in [4.69, 9.17) is 11.5 Å². The highest BCUT2D eigenvalue weighted by Gasteiger charge is 1.98. The summed E-state index contributed by atoms with van der Waals surface area (Å²) in [6.45, 7) is 0.496. The lowest BCUT2D eigenvalue weighted by molar-refractivity contribution is 1.05. The molecular formula is C13H16Cl2N4. The highest BCUT2D eigenvalue weighted by Crippen LogP contribution is 2.19. The van der Waals surface area contributed by atoms with Crippen molar-refractivity contribution >= 4 is 30.8 Å². The van der Waals surface area contributed by atoms with Crippen molar-refractivity contribution in [2.45, 2.75) is 6.54 Å². The van der Waals surface area contributed by atoms with Crippen LogP contribution < -0.4 is 11.5 Å². The van der Waals surface area contributed by atoms with E-state index in [-0.39, 0.29) is 30.8 Å². The van der Waals surface area contributed by atoms with Crippen LogP contribution in [0, 0.1) is 0 Å². The molecule has 0 radical (unpaired) electrons. The largest absolute Gasteiger partial charge is 0.370 e. The van der Waals surface area contributed by atoms with Crippen LogP contribution in [0.4, 0.5) is 0 Å². The van der Waals surface area contributed by atoms with Gasteiger partial charge in [-0.25, -0.2) is 4.99 Å². The molecule has 0 spiro atoms. The smallest absolute Gasteiger partial charge is 0.186 e. The minimum atomic E-state index is 0. The third-order valence-electron chi connectivity index (χ3n) is 2.37. The number of hydrogen-bond acceptors (Lipinski definition) is 2. The molecule has 0 aliphatic rings. The van der Waals surface area contributed by atoms with Gasteiger partial charge in [-0.1, -0.05) is 24.3 Å². The summed E-state index contributed by atoms with van der Waals surface area (Å²) in [5.74, 6) is 0.108. The third kappa shape index (κ3) is 5.16. The van der Waals surface area contributed by atoms with Gasteiger partial charge in [-0.2, -0.15) is 0 Å². The van der Waals surface area contributed by atoms with Crippen LogP contribution in [-0.4, -0.2) is 10.9 Å². The minimum Gasteiger partial charge on any atom is -0.370 e. The first-order chi connectivity index (χ1) is 8.25. The second kappa shape index (κ2) is 8.34. The predicted octanol–water partition coefficient (Wildman–Crippen LogP) is 2.37. The van der Waals surface area contributed by atoms with E-state index >= 15 is 0 Å². The zero-order valence-electron chi connectivity index (χ0n) is 10.2. The number of benzene rings is 1. The molecule has 1 aromatic carbocycles. The van der Waals surface area contributed by atoms with Crippen LogP contribution in [0.25, 0.3) is 11.1 Å². The molecule has 0 amide bonds. The number of rotatable bonds is 3. The lowest BCUT2D eigenvalue weighted by Crippen LogP contribution is -2.22. The summed E-state index contributed by atoms with van der Waals surface area (Å²) in [6.07, 6.45) is 3.59. The molecule has 19 heavy (non-hydrogen) atoms. The summed E-state index contributed by atoms with van der Waals surface area (Å²) in [4.78, 5) is 8.08. The monoisotopic (exact) mass is 298 g/mol. The van der Waals surface area contributed by atoms with E-state index in [2.05, 4.69) is 16.0 Å². The quantitative estimate of drug-likeness (QED) is 0.674. The number of halogens is 2. The van der Waals surface area contributed by atoms with Crippen LogP contribution in [-0.2, 0) is 6.54 Å². The first kappa shape index (κ1) is 17.2. The fourth-order valence-electron chi connectivity index (χ4n) is 1.57. The van der Waals surface area contributed by atoms with Crippen molar-refractivity contribution in [1.29, 1.82) is 0 Å². The average molecular weight is 299 g/mol. The summed E-state index contributed by atoms with van der Waals surface area (Å²) < 4.78 is 0. The van der Waals surface area contributed by atoms with Crippen molar-refractivity contribution in [2.24, 2.45) is 16.5 Å². The van der Waals surface area contributed by atoms with E-state index in [1.165, 1.54) is 0 Å². The Balaban J connectivity index is 0.00000162. The number of guanidine groups is 1. The molecule has 4 N–H and O–H groups in total. The fourth-order valence-corrected chi connectivity index (χ4v) is 1.57. The first-order valence-electron chi connectivity index (χ1n) is 5.30. The van der Waals surface area contributed by atoms with Crippen molar-refractivity contribution in [3.8, 4) is 11.1 Å². The molecule has 6 heteroatoms. The lowest BCUT2D eigenvalue weighted by atomic mass is 10.1. The van der Waals surface area contributed by atoms with Gasteiger partial charge in [0.1, 0.15) is 0 Å². The predicted molar refractivity (Wildman–Crippen MR) is 83.7 cm³/mol. The highest BCUT2D eigenvalue weighted by molar-refractivity contribution is 5.85. The molecule has 102 valence electrons. The Labute approximate surface area is 124 Å². The van der Waals surface area contributed by atoms with E-state index in [9.17, 15) is 0 Å². The number of aromatic nitrogens is 1. The van der Waals surface area contributed by atoms with Gasteiger partial charge in [0.2, 0.25) is 0 Å². The molecule has 2 rings (SSSR count). The van der Waals surface area contributed by atoms with Gasteiger partial charge in [-0.3, -0.25) is 4.98 Å². The standard InChI is InChI=1S/C13H14N4.2ClH/c14-13(15)17-8-10-3-1-4-11(7-10)12-5-2-6-16-9-12;;/h1-7,9H,8H2,(H4,14,15,17);2*1H. The maximum absolute atomic E-state index is 5.31. The molecule has 0 fully saturated rings.